The molecular formula is C12H25NO3. The number of rotatable bonds is 8. The van der Waals surface area contributed by atoms with Crippen LogP contribution in [0.15, 0.2) is 0 Å². The highest BCUT2D eigenvalue weighted by molar-refractivity contribution is 5.73. The average Bonchev–Trinajstić information content (AvgIpc) is 2.09. The van der Waals surface area contributed by atoms with Crippen LogP contribution in [0.25, 0.3) is 0 Å². The summed E-state index contributed by atoms with van der Waals surface area (Å²) in [5.41, 5.74) is -0.838. The van der Waals surface area contributed by atoms with Crippen molar-refractivity contribution in [3.05, 3.63) is 0 Å². The summed E-state index contributed by atoms with van der Waals surface area (Å²) in [7, 11) is 0. The van der Waals surface area contributed by atoms with Gasteiger partial charge in [0.1, 0.15) is 6.04 Å². The fraction of sp³-hybridized carbons (Fsp3) is 0.917. The molecule has 2 atom stereocenters. The molecule has 96 valence electrons. The molecular weight excluding hydrogens is 206 g/mol. The Morgan fingerprint density at radius 1 is 1.44 bits per heavy atom. The topological polar surface area (TPSA) is 69.6 Å². The maximum atomic E-state index is 10.9. The van der Waals surface area contributed by atoms with Gasteiger partial charge in [-0.1, -0.05) is 27.2 Å². The van der Waals surface area contributed by atoms with E-state index in [9.17, 15) is 9.90 Å². The highest BCUT2D eigenvalue weighted by Crippen LogP contribution is 2.15. The van der Waals surface area contributed by atoms with E-state index in [1.165, 1.54) is 0 Å². The molecule has 0 rings (SSSR count). The van der Waals surface area contributed by atoms with Crippen LogP contribution in [0.5, 0.6) is 0 Å². The molecule has 0 saturated carbocycles. The van der Waals surface area contributed by atoms with Crippen molar-refractivity contribution in [1.82, 2.24) is 5.32 Å². The minimum atomic E-state index is -0.845. The lowest BCUT2D eigenvalue weighted by Crippen LogP contribution is -2.46. The van der Waals surface area contributed by atoms with Gasteiger partial charge in [-0.15, -0.1) is 0 Å². The second-order valence-electron chi connectivity index (χ2n) is 5.16. The molecule has 0 fully saturated rings. The van der Waals surface area contributed by atoms with Crippen molar-refractivity contribution in [3.8, 4) is 0 Å². The molecule has 16 heavy (non-hydrogen) atoms. The number of aliphatic hydroxyl groups is 1. The Morgan fingerprint density at radius 2 is 2.00 bits per heavy atom. The third-order valence-corrected chi connectivity index (χ3v) is 2.45. The van der Waals surface area contributed by atoms with Crippen LogP contribution in [-0.2, 0) is 4.79 Å². The van der Waals surface area contributed by atoms with Crippen LogP contribution in [-0.4, -0.2) is 34.4 Å². The zero-order chi connectivity index (χ0) is 12.8. The molecule has 4 nitrogen and oxygen atoms in total. The highest BCUT2D eigenvalue weighted by atomic mass is 16.4. The fourth-order valence-corrected chi connectivity index (χ4v) is 1.90. The normalized spacial score (nSPS) is 17.1. The molecule has 0 aliphatic rings. The molecule has 0 aliphatic heterocycles. The minimum Gasteiger partial charge on any atom is -0.480 e. The Morgan fingerprint density at radius 3 is 2.38 bits per heavy atom. The van der Waals surface area contributed by atoms with Gasteiger partial charge >= 0.3 is 5.97 Å². The van der Waals surface area contributed by atoms with E-state index in [2.05, 4.69) is 5.32 Å². The Balaban J connectivity index is 4.13. The van der Waals surface area contributed by atoms with Crippen molar-refractivity contribution in [1.29, 1.82) is 0 Å². The molecule has 0 bridgehead atoms. The average molecular weight is 231 g/mol. The number of carboxylic acid groups (broad SMARTS) is 1. The van der Waals surface area contributed by atoms with Gasteiger partial charge in [-0.3, -0.25) is 4.79 Å². The molecule has 0 saturated heterocycles. The predicted octanol–water partition coefficient (Wildman–Crippen LogP) is 1.63. The maximum Gasteiger partial charge on any atom is 0.320 e. The third-order valence-electron chi connectivity index (χ3n) is 2.45. The number of carboxylic acids is 1. The molecule has 0 aromatic carbocycles. The fourth-order valence-electron chi connectivity index (χ4n) is 1.90. The first kappa shape index (κ1) is 15.4. The monoisotopic (exact) mass is 231 g/mol. The largest absolute Gasteiger partial charge is 0.480 e. The van der Waals surface area contributed by atoms with Gasteiger partial charge < -0.3 is 15.5 Å². The van der Waals surface area contributed by atoms with E-state index in [4.69, 9.17) is 5.11 Å². The first-order chi connectivity index (χ1) is 7.28. The lowest BCUT2D eigenvalue weighted by atomic mass is 9.94. The Hall–Kier alpha value is -0.610. The SMILES string of the molecule is CCCC(NCC(C)(O)CC(C)C)C(=O)O. The summed E-state index contributed by atoms with van der Waals surface area (Å²) < 4.78 is 0. The smallest absolute Gasteiger partial charge is 0.320 e. The molecule has 0 spiro atoms. The van der Waals surface area contributed by atoms with Gasteiger partial charge in [0.15, 0.2) is 0 Å². The van der Waals surface area contributed by atoms with E-state index in [1.54, 1.807) is 6.92 Å². The van der Waals surface area contributed by atoms with Gasteiger partial charge in [0.05, 0.1) is 5.60 Å². The Labute approximate surface area is 98.1 Å². The van der Waals surface area contributed by atoms with Crippen LogP contribution < -0.4 is 5.32 Å². The molecule has 0 radical (unpaired) electrons. The van der Waals surface area contributed by atoms with Gasteiger partial charge in [-0.2, -0.15) is 0 Å². The van der Waals surface area contributed by atoms with E-state index in [1.807, 2.05) is 20.8 Å². The molecule has 4 heteroatoms. The van der Waals surface area contributed by atoms with Crippen LogP contribution in [0, 0.1) is 5.92 Å². The van der Waals surface area contributed by atoms with E-state index >= 15 is 0 Å². The molecule has 3 N–H and O–H groups in total. The number of carbonyl (C=O) groups is 1. The first-order valence-corrected chi connectivity index (χ1v) is 5.97. The summed E-state index contributed by atoms with van der Waals surface area (Å²) in [6, 6.07) is -0.552. The van der Waals surface area contributed by atoms with Gasteiger partial charge in [-0.05, 0) is 25.7 Å². The van der Waals surface area contributed by atoms with Crippen molar-refractivity contribution in [3.63, 3.8) is 0 Å². The lowest BCUT2D eigenvalue weighted by molar-refractivity contribution is -0.139. The number of nitrogens with one attached hydrogen (secondary N) is 1. The van der Waals surface area contributed by atoms with E-state index < -0.39 is 17.6 Å². The predicted molar refractivity (Wildman–Crippen MR) is 64.4 cm³/mol. The second-order valence-corrected chi connectivity index (χ2v) is 5.16. The van der Waals surface area contributed by atoms with Crippen LogP contribution in [0.2, 0.25) is 0 Å². The number of aliphatic carboxylic acids is 1. The molecule has 0 amide bonds. The van der Waals surface area contributed by atoms with Gasteiger partial charge in [0, 0.05) is 6.54 Å². The summed E-state index contributed by atoms with van der Waals surface area (Å²) in [6.07, 6.45) is 2.07. The van der Waals surface area contributed by atoms with E-state index in [0.717, 1.165) is 6.42 Å². The standard InChI is InChI=1S/C12H25NO3/c1-5-6-10(11(14)15)13-8-12(4,16)7-9(2)3/h9-10,13,16H,5-8H2,1-4H3,(H,14,15). The number of hydrogen-bond acceptors (Lipinski definition) is 3. The van der Waals surface area contributed by atoms with Crippen LogP contribution >= 0.6 is 0 Å². The summed E-state index contributed by atoms with van der Waals surface area (Å²) in [5.74, 6) is -0.451. The number of hydrogen-bond donors (Lipinski definition) is 3. The molecule has 0 aromatic rings. The van der Waals surface area contributed by atoms with Crippen molar-refractivity contribution < 1.29 is 15.0 Å². The summed E-state index contributed by atoms with van der Waals surface area (Å²) in [5, 5.41) is 21.9. The maximum absolute atomic E-state index is 10.9. The zero-order valence-electron chi connectivity index (χ0n) is 10.8. The quantitative estimate of drug-likeness (QED) is 0.594. The summed E-state index contributed by atoms with van der Waals surface area (Å²) in [6.45, 7) is 8.08. The Bertz CT molecular complexity index is 214. The summed E-state index contributed by atoms with van der Waals surface area (Å²) >= 11 is 0. The zero-order valence-corrected chi connectivity index (χ0v) is 10.8. The minimum absolute atomic E-state index is 0.322. The van der Waals surface area contributed by atoms with Gasteiger partial charge in [0.25, 0.3) is 0 Å². The highest BCUT2D eigenvalue weighted by Gasteiger charge is 2.24. The lowest BCUT2D eigenvalue weighted by Gasteiger charge is -2.27. The third kappa shape index (κ3) is 6.80. The van der Waals surface area contributed by atoms with Gasteiger partial charge in [0.2, 0.25) is 0 Å². The molecule has 2 unspecified atom stereocenters. The molecule has 0 heterocycles. The first-order valence-electron chi connectivity index (χ1n) is 5.97. The summed E-state index contributed by atoms with van der Waals surface area (Å²) in [4.78, 5) is 10.9. The van der Waals surface area contributed by atoms with Crippen LogP contribution in [0.4, 0.5) is 0 Å². The van der Waals surface area contributed by atoms with Crippen molar-refractivity contribution in [2.75, 3.05) is 6.54 Å². The molecule has 0 aromatic heterocycles. The van der Waals surface area contributed by atoms with Crippen molar-refractivity contribution in [2.24, 2.45) is 5.92 Å². The molecule has 0 aliphatic carbocycles. The van der Waals surface area contributed by atoms with Crippen molar-refractivity contribution in [2.45, 2.75) is 58.6 Å². The Kier molecular flexibility index (Phi) is 6.60. The second kappa shape index (κ2) is 6.86. The van der Waals surface area contributed by atoms with E-state index in [-0.39, 0.29) is 0 Å². The van der Waals surface area contributed by atoms with Crippen molar-refractivity contribution >= 4 is 5.97 Å². The van der Waals surface area contributed by atoms with E-state index in [0.29, 0.717) is 25.3 Å². The van der Waals surface area contributed by atoms with Crippen LogP contribution in [0.3, 0.4) is 0 Å². The van der Waals surface area contributed by atoms with Gasteiger partial charge in [-0.25, -0.2) is 0 Å². The van der Waals surface area contributed by atoms with Crippen LogP contribution in [0.1, 0.15) is 47.0 Å².